The van der Waals surface area contributed by atoms with Gasteiger partial charge in [0.25, 0.3) is 0 Å². The van der Waals surface area contributed by atoms with Crippen LogP contribution in [0.5, 0.6) is 5.75 Å². The van der Waals surface area contributed by atoms with E-state index < -0.39 is 12.1 Å². The second-order valence-electron chi connectivity index (χ2n) is 4.78. The zero-order chi connectivity index (χ0) is 16.1. The Kier molecular flexibility index (Phi) is 4.78. The molecule has 0 aliphatic heterocycles. The van der Waals surface area contributed by atoms with Gasteiger partial charge < -0.3 is 14.3 Å². The topological polar surface area (TPSA) is 76.7 Å². The number of carbonyl (C=O) groups excluding carboxylic acids is 1. The van der Waals surface area contributed by atoms with Crippen molar-refractivity contribution in [2.24, 2.45) is 0 Å². The molecule has 114 valence electrons. The number of ketones is 1. The van der Waals surface area contributed by atoms with Crippen LogP contribution in [-0.2, 0) is 4.79 Å². The molecule has 1 aromatic heterocycles. The van der Waals surface area contributed by atoms with E-state index in [0.29, 0.717) is 11.5 Å². The zero-order valence-corrected chi connectivity index (χ0v) is 12.3. The van der Waals surface area contributed by atoms with Crippen LogP contribution in [-0.4, -0.2) is 23.0 Å². The van der Waals surface area contributed by atoms with Crippen LogP contribution >= 0.6 is 0 Å². The predicted octanol–water partition coefficient (Wildman–Crippen LogP) is 3.34. The first-order valence-corrected chi connectivity index (χ1v) is 6.74. The van der Waals surface area contributed by atoms with Crippen LogP contribution in [0.2, 0.25) is 0 Å². The summed E-state index contributed by atoms with van der Waals surface area (Å²) in [6, 6.07) is 10.2. The number of carboxylic acid groups (broad SMARTS) is 1. The van der Waals surface area contributed by atoms with Crippen molar-refractivity contribution in [3.63, 3.8) is 0 Å². The van der Waals surface area contributed by atoms with Crippen molar-refractivity contribution in [3.8, 4) is 5.75 Å². The van der Waals surface area contributed by atoms with E-state index in [0.717, 1.165) is 5.56 Å². The van der Waals surface area contributed by atoms with Crippen LogP contribution in [0.1, 0.15) is 28.8 Å². The van der Waals surface area contributed by atoms with Crippen molar-refractivity contribution >= 4 is 17.8 Å². The van der Waals surface area contributed by atoms with Gasteiger partial charge in [-0.3, -0.25) is 4.79 Å². The van der Waals surface area contributed by atoms with E-state index in [1.165, 1.54) is 13.0 Å². The number of furan rings is 1. The highest BCUT2D eigenvalue weighted by atomic mass is 16.5. The average molecular weight is 300 g/mol. The molecule has 0 aliphatic carbocycles. The van der Waals surface area contributed by atoms with E-state index >= 15 is 0 Å². The first-order valence-electron chi connectivity index (χ1n) is 6.74. The minimum absolute atomic E-state index is 0.238. The van der Waals surface area contributed by atoms with Gasteiger partial charge in [0.05, 0.1) is 0 Å². The Balaban J connectivity index is 2.08. The molecule has 0 fully saturated rings. The highest BCUT2D eigenvalue weighted by molar-refractivity contribution is 6.04. The number of carbonyl (C=O) groups is 2. The molecule has 0 amide bonds. The minimum atomic E-state index is -1.04. The summed E-state index contributed by atoms with van der Waals surface area (Å²) >= 11 is 0. The Hall–Kier alpha value is -2.82. The van der Waals surface area contributed by atoms with Crippen molar-refractivity contribution in [1.29, 1.82) is 0 Å². The summed E-state index contributed by atoms with van der Waals surface area (Å²) in [5.74, 6) is 0.108. The van der Waals surface area contributed by atoms with Gasteiger partial charge in [-0.2, -0.15) is 0 Å². The second kappa shape index (κ2) is 6.76. The number of benzene rings is 1. The van der Waals surface area contributed by atoms with Crippen molar-refractivity contribution in [2.75, 3.05) is 0 Å². The molecule has 1 aromatic carbocycles. The van der Waals surface area contributed by atoms with Gasteiger partial charge in [-0.15, -0.1) is 0 Å². The van der Waals surface area contributed by atoms with Gasteiger partial charge in [-0.25, -0.2) is 4.79 Å². The molecule has 1 heterocycles. The first kappa shape index (κ1) is 15.6. The third-order valence-electron chi connectivity index (χ3n) is 2.93. The SMILES string of the molecule is Cc1ccc(C(=O)/C=C\c2cccc(O[C@@H](C)C(=O)O)c2)o1. The van der Waals surface area contributed by atoms with Crippen LogP contribution in [0.15, 0.2) is 46.9 Å². The summed E-state index contributed by atoms with van der Waals surface area (Å²) < 4.78 is 10.5. The standard InChI is InChI=1S/C17H16O5/c1-11-6-9-16(21-11)15(18)8-7-13-4-3-5-14(10-13)22-12(2)17(19)20/h3-10,12H,1-2H3,(H,19,20)/b8-7-/t12-/m0/s1. The molecule has 0 bridgehead atoms. The van der Waals surface area contributed by atoms with Crippen LogP contribution in [0.25, 0.3) is 6.08 Å². The van der Waals surface area contributed by atoms with Crippen molar-refractivity contribution in [3.05, 3.63) is 59.6 Å². The van der Waals surface area contributed by atoms with E-state index in [4.69, 9.17) is 14.3 Å². The Morgan fingerprint density at radius 2 is 2.05 bits per heavy atom. The minimum Gasteiger partial charge on any atom is -0.479 e. The fourth-order valence-electron chi connectivity index (χ4n) is 1.77. The number of hydrogen-bond donors (Lipinski definition) is 1. The lowest BCUT2D eigenvalue weighted by atomic mass is 10.1. The van der Waals surface area contributed by atoms with E-state index in [1.807, 2.05) is 0 Å². The summed E-state index contributed by atoms with van der Waals surface area (Å²) in [6.07, 6.45) is 2.09. The van der Waals surface area contributed by atoms with Crippen LogP contribution < -0.4 is 4.74 Å². The fourth-order valence-corrected chi connectivity index (χ4v) is 1.77. The molecular formula is C17H16O5. The lowest BCUT2D eigenvalue weighted by Crippen LogP contribution is -2.22. The van der Waals surface area contributed by atoms with Gasteiger partial charge in [0, 0.05) is 0 Å². The Labute approximate surface area is 127 Å². The quantitative estimate of drug-likeness (QED) is 0.654. The summed E-state index contributed by atoms with van der Waals surface area (Å²) in [4.78, 5) is 22.7. The van der Waals surface area contributed by atoms with Crippen molar-refractivity contribution in [1.82, 2.24) is 0 Å². The Morgan fingerprint density at radius 3 is 2.68 bits per heavy atom. The summed E-state index contributed by atoms with van der Waals surface area (Å²) in [6.45, 7) is 3.22. The molecule has 5 nitrogen and oxygen atoms in total. The van der Waals surface area contributed by atoms with Crippen LogP contribution in [0.3, 0.4) is 0 Å². The Morgan fingerprint density at radius 1 is 1.27 bits per heavy atom. The molecule has 5 heteroatoms. The molecular weight excluding hydrogens is 284 g/mol. The summed E-state index contributed by atoms with van der Waals surface area (Å²) in [7, 11) is 0. The number of allylic oxidation sites excluding steroid dienone is 1. The molecule has 0 unspecified atom stereocenters. The number of carboxylic acids is 1. The molecule has 0 radical (unpaired) electrons. The molecule has 22 heavy (non-hydrogen) atoms. The zero-order valence-electron chi connectivity index (χ0n) is 12.3. The molecule has 1 N–H and O–H groups in total. The number of ether oxygens (including phenoxy) is 1. The number of aryl methyl sites for hydroxylation is 1. The predicted molar refractivity (Wildman–Crippen MR) is 81.0 cm³/mol. The van der Waals surface area contributed by atoms with E-state index in [1.54, 1.807) is 49.4 Å². The monoisotopic (exact) mass is 300 g/mol. The van der Waals surface area contributed by atoms with Crippen LogP contribution in [0.4, 0.5) is 0 Å². The molecule has 0 saturated heterocycles. The Bertz CT molecular complexity index is 711. The molecule has 0 saturated carbocycles. The lowest BCUT2D eigenvalue weighted by molar-refractivity contribution is -0.144. The van der Waals surface area contributed by atoms with Gasteiger partial charge in [-0.1, -0.05) is 18.2 Å². The van der Waals surface area contributed by atoms with E-state index in [2.05, 4.69) is 0 Å². The number of hydrogen-bond acceptors (Lipinski definition) is 4. The maximum Gasteiger partial charge on any atom is 0.344 e. The highest BCUT2D eigenvalue weighted by Gasteiger charge is 2.12. The smallest absolute Gasteiger partial charge is 0.344 e. The fraction of sp³-hybridized carbons (Fsp3) is 0.176. The molecule has 0 aliphatic rings. The summed E-state index contributed by atoms with van der Waals surface area (Å²) in [5, 5.41) is 8.82. The first-order chi connectivity index (χ1) is 10.5. The molecule has 2 rings (SSSR count). The summed E-state index contributed by atoms with van der Waals surface area (Å²) in [5.41, 5.74) is 0.728. The van der Waals surface area contributed by atoms with Gasteiger partial charge in [0.1, 0.15) is 11.5 Å². The number of aliphatic carboxylic acids is 1. The van der Waals surface area contributed by atoms with E-state index in [9.17, 15) is 9.59 Å². The second-order valence-corrected chi connectivity index (χ2v) is 4.78. The normalized spacial score (nSPS) is 12.3. The maximum absolute atomic E-state index is 11.9. The van der Waals surface area contributed by atoms with Gasteiger partial charge >= 0.3 is 5.97 Å². The molecule has 1 atom stereocenters. The van der Waals surface area contributed by atoms with Gasteiger partial charge in [0.2, 0.25) is 5.78 Å². The van der Waals surface area contributed by atoms with Crippen molar-refractivity contribution < 1.29 is 23.8 Å². The van der Waals surface area contributed by atoms with Gasteiger partial charge in [-0.05, 0) is 49.8 Å². The highest BCUT2D eigenvalue weighted by Crippen LogP contribution is 2.17. The number of rotatable bonds is 6. The lowest BCUT2D eigenvalue weighted by Gasteiger charge is -2.10. The molecule has 2 aromatic rings. The molecule has 0 spiro atoms. The van der Waals surface area contributed by atoms with Crippen LogP contribution in [0, 0.1) is 6.92 Å². The van der Waals surface area contributed by atoms with E-state index in [-0.39, 0.29) is 11.5 Å². The van der Waals surface area contributed by atoms with Crippen molar-refractivity contribution in [2.45, 2.75) is 20.0 Å². The maximum atomic E-state index is 11.9. The largest absolute Gasteiger partial charge is 0.479 e. The third-order valence-corrected chi connectivity index (χ3v) is 2.93. The third kappa shape index (κ3) is 4.09. The van der Waals surface area contributed by atoms with Gasteiger partial charge in [0.15, 0.2) is 11.9 Å². The average Bonchev–Trinajstić information content (AvgIpc) is 2.91.